The Kier molecular flexibility index (Phi) is 4.78. The molecule has 0 bridgehead atoms. The second kappa shape index (κ2) is 7.64. The molecule has 1 unspecified atom stereocenters. The van der Waals surface area contributed by atoms with E-state index in [2.05, 4.69) is 5.32 Å². The summed E-state index contributed by atoms with van der Waals surface area (Å²) in [4.78, 5) is 42.4. The smallest absolute Gasteiger partial charge is 0.319 e. The number of para-hydroxylation sites is 2. The number of carbonyl (C=O) groups is 3. The van der Waals surface area contributed by atoms with Gasteiger partial charge in [-0.15, -0.1) is 0 Å². The third-order valence-electron chi connectivity index (χ3n) is 6.30. The average Bonchev–Trinajstić information content (AvgIpc) is 2.95. The Balaban J connectivity index is 1.49. The minimum Gasteiger partial charge on any atom is -0.319 e. The van der Waals surface area contributed by atoms with Crippen LogP contribution >= 0.6 is 0 Å². The van der Waals surface area contributed by atoms with E-state index in [1.165, 1.54) is 0 Å². The number of carbonyl (C=O) groups excluding carboxylic acids is 3. The first-order chi connectivity index (χ1) is 15.5. The van der Waals surface area contributed by atoms with E-state index in [1.54, 1.807) is 24.0 Å². The summed E-state index contributed by atoms with van der Waals surface area (Å²) < 4.78 is 0. The largest absolute Gasteiger partial charge is 0.325 e. The van der Waals surface area contributed by atoms with Gasteiger partial charge in [0.25, 0.3) is 11.8 Å². The predicted molar refractivity (Wildman–Crippen MR) is 121 cm³/mol. The van der Waals surface area contributed by atoms with E-state index in [1.807, 2.05) is 66.7 Å². The molecule has 0 spiro atoms. The number of aryl methyl sites for hydroxylation is 2. The Morgan fingerprint density at radius 2 is 1.38 bits per heavy atom. The van der Waals surface area contributed by atoms with Gasteiger partial charge in [-0.2, -0.15) is 0 Å². The maximum Gasteiger partial charge on any atom is 0.325 e. The SMILES string of the molecule is CC1(c2ccccc2)NC(=O)N(CC(=O)N2c3ccccc3CCc3ccccc32)C1=O. The van der Waals surface area contributed by atoms with E-state index in [9.17, 15) is 14.4 Å². The molecule has 2 heterocycles. The molecule has 4 amide bonds. The Hall–Kier alpha value is -3.93. The quantitative estimate of drug-likeness (QED) is 0.647. The normalized spacial score (nSPS) is 19.8. The summed E-state index contributed by atoms with van der Waals surface area (Å²) in [5.74, 6) is -0.758. The van der Waals surface area contributed by atoms with Crippen molar-refractivity contribution in [1.82, 2.24) is 10.2 Å². The summed E-state index contributed by atoms with van der Waals surface area (Å²) in [6, 6.07) is 24.1. The fourth-order valence-corrected chi connectivity index (χ4v) is 4.56. The van der Waals surface area contributed by atoms with Crippen LogP contribution in [0.5, 0.6) is 0 Å². The summed E-state index contributed by atoms with van der Waals surface area (Å²) >= 11 is 0. The number of anilines is 2. The number of amides is 4. The maximum atomic E-state index is 13.6. The summed E-state index contributed by atoms with van der Waals surface area (Å²) in [5.41, 5.74) is 3.18. The molecule has 2 aliphatic rings. The van der Waals surface area contributed by atoms with Gasteiger partial charge in [-0.1, -0.05) is 66.7 Å². The first-order valence-corrected chi connectivity index (χ1v) is 10.7. The van der Waals surface area contributed by atoms with E-state index in [0.717, 1.165) is 40.2 Å². The van der Waals surface area contributed by atoms with Crippen molar-refractivity contribution >= 4 is 29.2 Å². The number of hydrogen-bond donors (Lipinski definition) is 1. The summed E-state index contributed by atoms with van der Waals surface area (Å²) in [7, 11) is 0. The minimum absolute atomic E-state index is 0.326. The summed E-state index contributed by atoms with van der Waals surface area (Å²) in [6.45, 7) is 1.33. The van der Waals surface area contributed by atoms with Crippen LogP contribution in [-0.4, -0.2) is 29.3 Å². The standard InChI is InChI=1S/C26H23N3O3/c1-26(20-11-3-2-4-12-20)24(31)28(25(32)27-26)17-23(30)29-21-13-7-5-9-18(21)15-16-19-10-6-8-14-22(19)29/h2-14H,15-17H2,1H3,(H,27,32). The number of imide groups is 1. The molecule has 1 saturated heterocycles. The average molecular weight is 425 g/mol. The zero-order chi connectivity index (χ0) is 22.3. The van der Waals surface area contributed by atoms with Crippen molar-refractivity contribution in [3.05, 3.63) is 95.6 Å². The highest BCUT2D eigenvalue weighted by Gasteiger charge is 2.49. The minimum atomic E-state index is -1.20. The van der Waals surface area contributed by atoms with Crippen LogP contribution in [0.15, 0.2) is 78.9 Å². The van der Waals surface area contributed by atoms with Crippen molar-refractivity contribution in [3.63, 3.8) is 0 Å². The third-order valence-corrected chi connectivity index (χ3v) is 6.30. The Labute approximate surface area is 186 Å². The first kappa shape index (κ1) is 20.0. The van der Waals surface area contributed by atoms with Crippen LogP contribution in [0.25, 0.3) is 0 Å². The molecule has 2 aliphatic heterocycles. The molecule has 6 heteroatoms. The van der Waals surface area contributed by atoms with Crippen LogP contribution in [0.4, 0.5) is 16.2 Å². The molecule has 1 fully saturated rings. The number of nitrogens with zero attached hydrogens (tertiary/aromatic N) is 2. The lowest BCUT2D eigenvalue weighted by atomic mass is 9.92. The molecule has 1 N–H and O–H groups in total. The number of fused-ring (bicyclic) bond motifs is 2. The Bertz CT molecular complexity index is 1180. The van der Waals surface area contributed by atoms with E-state index in [-0.39, 0.29) is 12.5 Å². The third kappa shape index (κ3) is 3.15. The van der Waals surface area contributed by atoms with Gasteiger partial charge in [0, 0.05) is 0 Å². The lowest BCUT2D eigenvalue weighted by Gasteiger charge is -2.27. The fourth-order valence-electron chi connectivity index (χ4n) is 4.56. The highest BCUT2D eigenvalue weighted by atomic mass is 16.2. The van der Waals surface area contributed by atoms with Crippen molar-refractivity contribution in [2.24, 2.45) is 0 Å². The zero-order valence-electron chi connectivity index (χ0n) is 17.7. The van der Waals surface area contributed by atoms with Gasteiger partial charge in [-0.25, -0.2) is 4.79 Å². The van der Waals surface area contributed by atoms with E-state index in [0.29, 0.717) is 5.56 Å². The monoisotopic (exact) mass is 425 g/mol. The van der Waals surface area contributed by atoms with Crippen LogP contribution in [0.2, 0.25) is 0 Å². The number of hydrogen-bond acceptors (Lipinski definition) is 3. The lowest BCUT2D eigenvalue weighted by molar-refractivity contribution is -0.134. The van der Waals surface area contributed by atoms with Crippen LogP contribution in [-0.2, 0) is 28.0 Å². The number of nitrogens with one attached hydrogen (secondary N) is 1. The van der Waals surface area contributed by atoms with Crippen molar-refractivity contribution in [2.45, 2.75) is 25.3 Å². The van der Waals surface area contributed by atoms with E-state index in [4.69, 9.17) is 0 Å². The second-order valence-corrected chi connectivity index (χ2v) is 8.30. The molecule has 0 aromatic heterocycles. The highest BCUT2D eigenvalue weighted by molar-refractivity contribution is 6.12. The van der Waals surface area contributed by atoms with Crippen molar-refractivity contribution in [3.8, 4) is 0 Å². The molecular weight excluding hydrogens is 402 g/mol. The number of urea groups is 1. The van der Waals surface area contributed by atoms with Crippen molar-refractivity contribution in [2.75, 3.05) is 11.4 Å². The zero-order valence-corrected chi connectivity index (χ0v) is 17.7. The topological polar surface area (TPSA) is 69.7 Å². The molecule has 6 nitrogen and oxygen atoms in total. The van der Waals surface area contributed by atoms with Crippen LogP contribution < -0.4 is 10.2 Å². The van der Waals surface area contributed by atoms with Crippen molar-refractivity contribution in [1.29, 1.82) is 0 Å². The van der Waals surface area contributed by atoms with Gasteiger partial charge in [-0.05, 0) is 48.6 Å². The number of rotatable bonds is 3. The van der Waals surface area contributed by atoms with Gasteiger partial charge in [0.1, 0.15) is 12.1 Å². The maximum absolute atomic E-state index is 13.6. The van der Waals surface area contributed by atoms with Gasteiger partial charge in [0.2, 0.25) is 0 Å². The van der Waals surface area contributed by atoms with Gasteiger partial charge in [0.15, 0.2) is 0 Å². The Morgan fingerprint density at radius 1 is 0.844 bits per heavy atom. The van der Waals surface area contributed by atoms with Gasteiger partial charge in [0.05, 0.1) is 11.4 Å². The molecule has 0 radical (unpaired) electrons. The Morgan fingerprint density at radius 3 is 1.97 bits per heavy atom. The van der Waals surface area contributed by atoms with Gasteiger partial charge in [-0.3, -0.25) is 19.4 Å². The second-order valence-electron chi connectivity index (χ2n) is 8.30. The van der Waals surface area contributed by atoms with Gasteiger partial charge >= 0.3 is 6.03 Å². The molecule has 5 rings (SSSR count). The van der Waals surface area contributed by atoms with E-state index >= 15 is 0 Å². The molecule has 0 aliphatic carbocycles. The predicted octanol–water partition coefficient (Wildman–Crippen LogP) is 3.92. The first-order valence-electron chi connectivity index (χ1n) is 10.7. The molecule has 1 atom stereocenters. The van der Waals surface area contributed by atoms with E-state index < -0.39 is 17.5 Å². The molecule has 32 heavy (non-hydrogen) atoms. The molecule has 160 valence electrons. The molecular formula is C26H23N3O3. The molecule has 3 aromatic carbocycles. The van der Waals surface area contributed by atoms with Gasteiger partial charge < -0.3 is 5.32 Å². The number of benzene rings is 3. The molecule has 0 saturated carbocycles. The van der Waals surface area contributed by atoms with Crippen LogP contribution in [0, 0.1) is 0 Å². The van der Waals surface area contributed by atoms with Crippen LogP contribution in [0.3, 0.4) is 0 Å². The van der Waals surface area contributed by atoms with Crippen molar-refractivity contribution < 1.29 is 14.4 Å². The summed E-state index contributed by atoms with van der Waals surface area (Å²) in [5, 5.41) is 2.77. The van der Waals surface area contributed by atoms with Crippen LogP contribution in [0.1, 0.15) is 23.6 Å². The summed E-state index contributed by atoms with van der Waals surface area (Å²) in [6.07, 6.45) is 1.62. The highest BCUT2D eigenvalue weighted by Crippen LogP contribution is 2.36. The lowest BCUT2D eigenvalue weighted by Crippen LogP contribution is -2.43. The fraction of sp³-hybridized carbons (Fsp3) is 0.192. The molecule has 3 aromatic rings.